The highest BCUT2D eigenvalue weighted by molar-refractivity contribution is 5.80. The second kappa shape index (κ2) is 4.46. The van der Waals surface area contributed by atoms with Gasteiger partial charge in [0.2, 0.25) is 0 Å². The largest absolute Gasteiger partial charge is 0.405 e. The van der Waals surface area contributed by atoms with E-state index in [1.54, 1.807) is 0 Å². The summed E-state index contributed by atoms with van der Waals surface area (Å²) in [6.07, 6.45) is 3.37. The molecule has 0 radical (unpaired) electrons. The van der Waals surface area contributed by atoms with Crippen LogP contribution in [-0.4, -0.2) is 11.5 Å². The number of nitrogens with one attached hydrogen (secondary N) is 1. The fourth-order valence-electron chi connectivity index (χ4n) is 1.40. The van der Waals surface area contributed by atoms with Crippen LogP contribution in [0.25, 0.3) is 10.9 Å². The van der Waals surface area contributed by atoms with Crippen LogP contribution in [0.1, 0.15) is 0 Å². The van der Waals surface area contributed by atoms with Crippen molar-refractivity contribution in [2.24, 2.45) is 5.73 Å². The van der Waals surface area contributed by atoms with Crippen LogP contribution in [-0.2, 0) is 0 Å². The maximum absolute atomic E-state index is 5.24. The van der Waals surface area contributed by atoms with Crippen molar-refractivity contribution in [2.45, 2.75) is 0 Å². The third kappa shape index (κ3) is 2.26. The first-order chi connectivity index (χ1) is 7.40. The number of pyridine rings is 1. The van der Waals surface area contributed by atoms with E-state index < -0.39 is 0 Å². The van der Waals surface area contributed by atoms with Gasteiger partial charge in [0.15, 0.2) is 0 Å². The Morgan fingerprint density at radius 2 is 2.07 bits per heavy atom. The van der Waals surface area contributed by atoms with Crippen molar-refractivity contribution in [1.82, 2.24) is 4.98 Å². The zero-order valence-electron chi connectivity index (χ0n) is 8.35. The fraction of sp³-hybridized carbons (Fsp3) is 0.0833. The van der Waals surface area contributed by atoms with Gasteiger partial charge < -0.3 is 11.1 Å². The third-order valence-corrected chi connectivity index (χ3v) is 2.14. The van der Waals surface area contributed by atoms with Crippen LogP contribution in [0.5, 0.6) is 0 Å². The normalized spacial score (nSPS) is 10.9. The van der Waals surface area contributed by atoms with Crippen molar-refractivity contribution in [3.05, 3.63) is 48.7 Å². The Hall–Kier alpha value is -2.03. The molecule has 0 unspecified atom stereocenters. The van der Waals surface area contributed by atoms with E-state index in [2.05, 4.69) is 16.4 Å². The zero-order chi connectivity index (χ0) is 10.5. The quantitative estimate of drug-likeness (QED) is 0.796. The van der Waals surface area contributed by atoms with Crippen molar-refractivity contribution in [3.8, 4) is 0 Å². The summed E-state index contributed by atoms with van der Waals surface area (Å²) in [5.74, 6) is 0.867. The van der Waals surface area contributed by atoms with Crippen LogP contribution in [0, 0.1) is 0 Å². The number of para-hydroxylation sites is 1. The first kappa shape index (κ1) is 9.52. The molecule has 0 bridgehead atoms. The van der Waals surface area contributed by atoms with Crippen LogP contribution in [0.2, 0.25) is 0 Å². The van der Waals surface area contributed by atoms with E-state index in [4.69, 9.17) is 5.73 Å². The maximum Gasteiger partial charge on any atom is 0.126 e. The van der Waals surface area contributed by atoms with E-state index in [1.165, 1.54) is 6.20 Å². The molecule has 0 saturated heterocycles. The first-order valence-corrected chi connectivity index (χ1v) is 4.86. The second-order valence-electron chi connectivity index (χ2n) is 3.20. The number of rotatable bonds is 3. The molecule has 0 saturated carbocycles. The number of nitrogens with two attached hydrogens (primary N) is 1. The molecule has 0 aliphatic rings. The Morgan fingerprint density at radius 3 is 2.93 bits per heavy atom. The molecule has 2 aromatic rings. The van der Waals surface area contributed by atoms with Crippen molar-refractivity contribution in [3.63, 3.8) is 0 Å². The van der Waals surface area contributed by atoms with Gasteiger partial charge in [-0.15, -0.1) is 0 Å². The lowest BCUT2D eigenvalue weighted by atomic mass is 10.2. The van der Waals surface area contributed by atoms with Gasteiger partial charge in [0.05, 0.1) is 5.52 Å². The number of aromatic nitrogens is 1. The minimum Gasteiger partial charge on any atom is -0.405 e. The minimum absolute atomic E-state index is 0.696. The predicted molar refractivity (Wildman–Crippen MR) is 63.6 cm³/mol. The lowest BCUT2D eigenvalue weighted by Crippen LogP contribution is -2.00. The van der Waals surface area contributed by atoms with E-state index in [1.807, 2.05) is 36.4 Å². The summed E-state index contributed by atoms with van der Waals surface area (Å²) in [5, 5.41) is 4.31. The minimum atomic E-state index is 0.696. The second-order valence-corrected chi connectivity index (χ2v) is 3.20. The molecule has 3 heteroatoms. The highest BCUT2D eigenvalue weighted by atomic mass is 15.0. The van der Waals surface area contributed by atoms with Crippen LogP contribution >= 0.6 is 0 Å². The average Bonchev–Trinajstić information content (AvgIpc) is 2.29. The summed E-state index contributed by atoms with van der Waals surface area (Å²) in [4.78, 5) is 4.46. The van der Waals surface area contributed by atoms with Gasteiger partial charge in [-0.05, 0) is 30.5 Å². The summed E-state index contributed by atoms with van der Waals surface area (Å²) >= 11 is 0. The summed E-state index contributed by atoms with van der Waals surface area (Å²) in [7, 11) is 0. The van der Waals surface area contributed by atoms with Crippen LogP contribution < -0.4 is 11.1 Å². The van der Waals surface area contributed by atoms with E-state index in [-0.39, 0.29) is 0 Å². The molecule has 0 aliphatic carbocycles. The molecule has 3 nitrogen and oxygen atoms in total. The maximum atomic E-state index is 5.24. The molecule has 3 N–H and O–H groups in total. The molecule has 0 fully saturated rings. The summed E-state index contributed by atoms with van der Waals surface area (Å²) < 4.78 is 0. The molecule has 0 aliphatic heterocycles. The number of anilines is 1. The molecular formula is C12H13N3. The standard InChI is InChI=1S/C12H13N3/c13-8-3-9-14-12-7-6-10-4-1-2-5-11(10)15-12/h1-8H,9,13H2,(H,14,15). The smallest absolute Gasteiger partial charge is 0.126 e. The van der Waals surface area contributed by atoms with Gasteiger partial charge in [0.1, 0.15) is 5.82 Å². The van der Waals surface area contributed by atoms with E-state index in [9.17, 15) is 0 Å². The van der Waals surface area contributed by atoms with Gasteiger partial charge >= 0.3 is 0 Å². The number of fused-ring (bicyclic) bond motifs is 1. The van der Waals surface area contributed by atoms with Crippen LogP contribution in [0.15, 0.2) is 48.7 Å². The summed E-state index contributed by atoms with van der Waals surface area (Å²) in [6.45, 7) is 0.696. The molecular weight excluding hydrogens is 186 g/mol. The monoisotopic (exact) mass is 199 g/mol. The number of nitrogens with zero attached hydrogens (tertiary/aromatic N) is 1. The predicted octanol–water partition coefficient (Wildman–Crippen LogP) is 2.12. The molecule has 76 valence electrons. The van der Waals surface area contributed by atoms with Crippen LogP contribution in [0.4, 0.5) is 5.82 Å². The molecule has 1 aromatic heterocycles. The number of benzene rings is 1. The molecule has 0 amide bonds. The lowest BCUT2D eigenvalue weighted by Gasteiger charge is -2.03. The van der Waals surface area contributed by atoms with Gasteiger partial charge in [0.25, 0.3) is 0 Å². The Labute approximate surface area is 88.6 Å². The van der Waals surface area contributed by atoms with Gasteiger partial charge in [-0.3, -0.25) is 0 Å². The first-order valence-electron chi connectivity index (χ1n) is 4.86. The van der Waals surface area contributed by atoms with Gasteiger partial charge in [-0.25, -0.2) is 4.98 Å². The Balaban J connectivity index is 2.23. The molecule has 1 aromatic carbocycles. The van der Waals surface area contributed by atoms with E-state index >= 15 is 0 Å². The SMILES string of the molecule is NC=CCNc1ccc2ccccc2n1. The average molecular weight is 199 g/mol. The fourth-order valence-corrected chi connectivity index (χ4v) is 1.40. The van der Waals surface area contributed by atoms with Crippen molar-refractivity contribution in [2.75, 3.05) is 11.9 Å². The molecule has 15 heavy (non-hydrogen) atoms. The lowest BCUT2D eigenvalue weighted by molar-refractivity contribution is 1.25. The number of hydrogen-bond donors (Lipinski definition) is 2. The van der Waals surface area contributed by atoms with Gasteiger partial charge in [-0.1, -0.05) is 18.2 Å². The summed E-state index contributed by atoms with van der Waals surface area (Å²) in [5.41, 5.74) is 6.24. The van der Waals surface area contributed by atoms with E-state index in [0.29, 0.717) is 6.54 Å². The highest BCUT2D eigenvalue weighted by Crippen LogP contribution is 2.13. The molecule has 0 atom stereocenters. The molecule has 0 spiro atoms. The molecule has 1 heterocycles. The molecule has 2 rings (SSSR count). The Kier molecular flexibility index (Phi) is 2.83. The summed E-state index contributed by atoms with van der Waals surface area (Å²) in [6, 6.07) is 12.1. The van der Waals surface area contributed by atoms with Crippen molar-refractivity contribution < 1.29 is 0 Å². The third-order valence-electron chi connectivity index (χ3n) is 2.14. The van der Waals surface area contributed by atoms with E-state index in [0.717, 1.165) is 16.7 Å². The Bertz CT molecular complexity index is 477. The van der Waals surface area contributed by atoms with Crippen LogP contribution in [0.3, 0.4) is 0 Å². The Morgan fingerprint density at radius 1 is 1.20 bits per heavy atom. The van der Waals surface area contributed by atoms with Gasteiger partial charge in [0, 0.05) is 11.9 Å². The van der Waals surface area contributed by atoms with Crippen molar-refractivity contribution in [1.29, 1.82) is 0 Å². The van der Waals surface area contributed by atoms with Gasteiger partial charge in [-0.2, -0.15) is 0 Å². The zero-order valence-corrected chi connectivity index (χ0v) is 8.35. The highest BCUT2D eigenvalue weighted by Gasteiger charge is 1.95. The van der Waals surface area contributed by atoms with Crippen molar-refractivity contribution >= 4 is 16.7 Å². The number of hydrogen-bond acceptors (Lipinski definition) is 3. The topological polar surface area (TPSA) is 50.9 Å².